The molecule has 2 aromatic rings. The molecule has 21 heavy (non-hydrogen) atoms. The zero-order valence-electron chi connectivity index (χ0n) is 11.5. The number of carbonyl (C=O) groups is 1. The van der Waals surface area contributed by atoms with Gasteiger partial charge in [0.2, 0.25) is 0 Å². The fraction of sp³-hybridized carbons (Fsp3) is 0.143. The van der Waals surface area contributed by atoms with E-state index >= 15 is 0 Å². The van der Waals surface area contributed by atoms with Crippen molar-refractivity contribution in [3.05, 3.63) is 57.8 Å². The lowest BCUT2D eigenvalue weighted by Crippen LogP contribution is -2.15. The molecule has 1 aromatic carbocycles. The first-order valence-corrected chi connectivity index (χ1v) is 7.31. The van der Waals surface area contributed by atoms with Crippen molar-refractivity contribution in [1.82, 2.24) is 4.98 Å². The normalized spacial score (nSPS) is 10.2. The number of benzene rings is 1. The molecule has 7 heteroatoms. The molecule has 1 amide bonds. The van der Waals surface area contributed by atoms with Crippen molar-refractivity contribution in [3.8, 4) is 0 Å². The lowest BCUT2D eigenvalue weighted by Gasteiger charge is -2.07. The molecular weight excluding hydrogens is 290 g/mol. The highest BCUT2D eigenvalue weighted by Gasteiger charge is 2.21. The van der Waals surface area contributed by atoms with E-state index in [0.717, 1.165) is 10.6 Å². The topological polar surface area (TPSA) is 85.1 Å². The maximum absolute atomic E-state index is 12.3. The van der Waals surface area contributed by atoms with Crippen LogP contribution in [-0.4, -0.2) is 22.1 Å². The Labute approximate surface area is 125 Å². The van der Waals surface area contributed by atoms with Crippen LogP contribution in [0, 0.1) is 17.0 Å². The van der Waals surface area contributed by atoms with Crippen LogP contribution in [0.25, 0.3) is 0 Å². The van der Waals surface area contributed by atoms with Gasteiger partial charge in [-0.2, -0.15) is 0 Å². The van der Waals surface area contributed by atoms with Crippen LogP contribution in [0.1, 0.15) is 16.1 Å². The molecule has 0 aliphatic heterocycles. The second-order valence-electron chi connectivity index (χ2n) is 4.26. The van der Waals surface area contributed by atoms with Crippen LogP contribution in [-0.2, 0) is 0 Å². The summed E-state index contributed by atoms with van der Waals surface area (Å²) in [6, 6.07) is 9.65. The molecule has 1 aromatic heterocycles. The Morgan fingerprint density at radius 1 is 1.33 bits per heavy atom. The average molecular weight is 303 g/mol. The van der Waals surface area contributed by atoms with Crippen molar-refractivity contribution in [1.29, 1.82) is 0 Å². The molecule has 0 bridgehead atoms. The highest BCUT2D eigenvalue weighted by atomic mass is 32.2. The third-order valence-electron chi connectivity index (χ3n) is 2.77. The second kappa shape index (κ2) is 6.36. The molecule has 2 rings (SSSR count). The number of aryl methyl sites for hydroxylation is 1. The number of hydrogen-bond acceptors (Lipinski definition) is 5. The van der Waals surface area contributed by atoms with Crippen LogP contribution in [0.3, 0.4) is 0 Å². The fourth-order valence-corrected chi connectivity index (χ4v) is 2.22. The molecule has 0 saturated carbocycles. The third kappa shape index (κ3) is 3.57. The van der Waals surface area contributed by atoms with E-state index in [-0.39, 0.29) is 11.3 Å². The van der Waals surface area contributed by atoms with Gasteiger partial charge < -0.3 is 5.32 Å². The van der Waals surface area contributed by atoms with E-state index < -0.39 is 10.8 Å². The van der Waals surface area contributed by atoms with Gasteiger partial charge in [0.25, 0.3) is 11.6 Å². The number of rotatable bonds is 4. The molecule has 0 spiro atoms. The number of nitrogens with zero attached hydrogens (tertiary/aromatic N) is 2. The van der Waals surface area contributed by atoms with Crippen molar-refractivity contribution in [3.63, 3.8) is 0 Å². The average Bonchev–Trinajstić information content (AvgIpc) is 2.46. The molecule has 0 aliphatic rings. The molecular formula is C14H13N3O3S. The molecule has 108 valence electrons. The van der Waals surface area contributed by atoms with Gasteiger partial charge in [0.05, 0.1) is 4.92 Å². The van der Waals surface area contributed by atoms with Crippen molar-refractivity contribution >= 4 is 29.2 Å². The molecule has 0 fully saturated rings. The number of carbonyl (C=O) groups excluding carboxylic acids is 1. The summed E-state index contributed by atoms with van der Waals surface area (Å²) in [7, 11) is 0. The number of nitro benzene ring substituents is 1. The number of aromatic nitrogens is 1. The number of nitrogens with one attached hydrogen (secondary N) is 1. The summed E-state index contributed by atoms with van der Waals surface area (Å²) >= 11 is 1.41. The maximum Gasteiger partial charge on any atom is 0.282 e. The summed E-state index contributed by atoms with van der Waals surface area (Å²) in [6.07, 6.45) is 1.84. The van der Waals surface area contributed by atoms with E-state index in [1.165, 1.54) is 23.9 Å². The lowest BCUT2D eigenvalue weighted by molar-refractivity contribution is -0.385. The Hall–Kier alpha value is -2.41. The Kier molecular flexibility index (Phi) is 4.54. The SMILES string of the molecule is CSc1ccc([N+](=O)[O-])c(C(=O)Nc2cccc(C)n2)c1. The van der Waals surface area contributed by atoms with E-state index in [9.17, 15) is 14.9 Å². The van der Waals surface area contributed by atoms with Gasteiger partial charge in [-0.05, 0) is 37.4 Å². The first-order valence-electron chi connectivity index (χ1n) is 6.08. The standard InChI is InChI=1S/C14H13N3O3S/c1-9-4-3-5-13(15-9)16-14(18)11-8-10(21-2)6-7-12(11)17(19)20/h3-8H,1-2H3,(H,15,16,18). The molecule has 0 aliphatic carbocycles. The molecule has 1 heterocycles. The Morgan fingerprint density at radius 3 is 2.71 bits per heavy atom. The minimum absolute atomic E-state index is 0.0233. The first kappa shape index (κ1) is 15.0. The smallest absolute Gasteiger partial charge is 0.282 e. The maximum atomic E-state index is 12.3. The molecule has 0 atom stereocenters. The molecule has 0 unspecified atom stereocenters. The van der Waals surface area contributed by atoms with Crippen molar-refractivity contribution < 1.29 is 9.72 Å². The molecule has 0 saturated heterocycles. The summed E-state index contributed by atoms with van der Waals surface area (Å²) in [5.41, 5.74) is 0.549. The van der Waals surface area contributed by atoms with Crippen molar-refractivity contribution in [2.24, 2.45) is 0 Å². The molecule has 1 N–H and O–H groups in total. The third-order valence-corrected chi connectivity index (χ3v) is 3.50. The zero-order chi connectivity index (χ0) is 15.4. The Balaban J connectivity index is 2.35. The van der Waals surface area contributed by atoms with Crippen molar-refractivity contribution in [2.75, 3.05) is 11.6 Å². The number of thioether (sulfide) groups is 1. The first-order chi connectivity index (χ1) is 10.0. The van der Waals surface area contributed by atoms with Gasteiger partial charge in [0, 0.05) is 16.7 Å². The monoisotopic (exact) mass is 303 g/mol. The fourth-order valence-electron chi connectivity index (χ4n) is 1.78. The molecule has 6 nitrogen and oxygen atoms in total. The van der Waals surface area contributed by atoms with Crippen LogP contribution in [0.5, 0.6) is 0 Å². The predicted octanol–water partition coefficient (Wildman–Crippen LogP) is 3.27. The second-order valence-corrected chi connectivity index (χ2v) is 5.14. The van der Waals surface area contributed by atoms with Gasteiger partial charge in [0.1, 0.15) is 11.4 Å². The van der Waals surface area contributed by atoms with E-state index in [1.54, 1.807) is 31.2 Å². The molecule has 0 radical (unpaired) electrons. The minimum Gasteiger partial charge on any atom is -0.306 e. The summed E-state index contributed by atoms with van der Waals surface area (Å²) < 4.78 is 0. The predicted molar refractivity (Wildman–Crippen MR) is 81.8 cm³/mol. The summed E-state index contributed by atoms with van der Waals surface area (Å²) in [5.74, 6) is -0.181. The highest BCUT2D eigenvalue weighted by Crippen LogP contribution is 2.25. The van der Waals surface area contributed by atoms with Gasteiger partial charge in [0.15, 0.2) is 0 Å². The number of pyridine rings is 1. The quantitative estimate of drug-likeness (QED) is 0.532. The van der Waals surface area contributed by atoms with Crippen LogP contribution in [0.2, 0.25) is 0 Å². The van der Waals surface area contributed by atoms with Gasteiger partial charge >= 0.3 is 0 Å². The van der Waals surface area contributed by atoms with Crippen LogP contribution in [0.15, 0.2) is 41.3 Å². The van der Waals surface area contributed by atoms with E-state index in [0.29, 0.717) is 5.82 Å². The van der Waals surface area contributed by atoms with Gasteiger partial charge in [-0.15, -0.1) is 11.8 Å². The highest BCUT2D eigenvalue weighted by molar-refractivity contribution is 7.98. The number of hydrogen-bond donors (Lipinski definition) is 1. The van der Waals surface area contributed by atoms with Crippen molar-refractivity contribution in [2.45, 2.75) is 11.8 Å². The lowest BCUT2D eigenvalue weighted by atomic mass is 10.1. The van der Waals surface area contributed by atoms with Crippen LogP contribution < -0.4 is 5.32 Å². The summed E-state index contributed by atoms with van der Waals surface area (Å²) in [6.45, 7) is 1.80. The summed E-state index contributed by atoms with van der Waals surface area (Å²) in [4.78, 5) is 27.7. The number of anilines is 1. The van der Waals surface area contributed by atoms with Gasteiger partial charge in [-0.3, -0.25) is 14.9 Å². The summed E-state index contributed by atoms with van der Waals surface area (Å²) in [5, 5.41) is 13.6. The minimum atomic E-state index is -0.567. The van der Waals surface area contributed by atoms with E-state index in [4.69, 9.17) is 0 Å². The zero-order valence-corrected chi connectivity index (χ0v) is 12.3. The Morgan fingerprint density at radius 2 is 2.10 bits per heavy atom. The van der Waals surface area contributed by atoms with E-state index in [2.05, 4.69) is 10.3 Å². The Bertz CT molecular complexity index is 704. The number of nitro groups is 1. The van der Waals surface area contributed by atoms with Crippen LogP contribution in [0.4, 0.5) is 11.5 Å². The van der Waals surface area contributed by atoms with E-state index in [1.807, 2.05) is 6.26 Å². The van der Waals surface area contributed by atoms with Crippen LogP contribution >= 0.6 is 11.8 Å². The largest absolute Gasteiger partial charge is 0.306 e. The van der Waals surface area contributed by atoms with Gasteiger partial charge in [-0.1, -0.05) is 6.07 Å². The number of amides is 1. The van der Waals surface area contributed by atoms with Gasteiger partial charge in [-0.25, -0.2) is 4.98 Å².